The third-order valence-corrected chi connectivity index (χ3v) is 5.15. The average Bonchev–Trinajstić information content (AvgIpc) is 3.06. The lowest BCUT2D eigenvalue weighted by Gasteiger charge is -2.41. The van der Waals surface area contributed by atoms with Crippen molar-refractivity contribution in [2.45, 2.75) is 44.2 Å². The zero-order valence-corrected chi connectivity index (χ0v) is 14.0. The molecule has 2 heterocycles. The number of carboxylic acids is 1. The van der Waals surface area contributed by atoms with Crippen molar-refractivity contribution in [2.24, 2.45) is 0 Å². The van der Waals surface area contributed by atoms with E-state index in [2.05, 4.69) is 15.0 Å². The van der Waals surface area contributed by atoms with E-state index in [0.717, 1.165) is 43.4 Å². The molecule has 2 aliphatic rings. The molecule has 0 amide bonds. The summed E-state index contributed by atoms with van der Waals surface area (Å²) in [5.41, 5.74) is 0.757. The number of aromatic carboxylic acids is 1. The third-order valence-electron chi connectivity index (χ3n) is 5.15. The number of rotatable bonds is 5. The Morgan fingerprint density at radius 3 is 2.40 bits per heavy atom. The minimum atomic E-state index is -1.13. The van der Waals surface area contributed by atoms with Gasteiger partial charge in [-0.3, -0.25) is 0 Å². The zero-order chi connectivity index (χ0) is 17.2. The molecule has 4 rings (SSSR count). The van der Waals surface area contributed by atoms with Crippen molar-refractivity contribution in [2.75, 3.05) is 13.1 Å². The number of carbonyl (C=O) groups is 1. The molecule has 2 aromatic rings. The Morgan fingerprint density at radius 1 is 1.12 bits per heavy atom. The SMILES string of the molecule is O=C(O)c1ncn(-c2ccc(OC3CCN(C4CCC4)CC3)cc2)n1. The smallest absolute Gasteiger partial charge is 0.375 e. The summed E-state index contributed by atoms with van der Waals surface area (Å²) in [6.07, 6.45) is 7.92. The van der Waals surface area contributed by atoms with E-state index < -0.39 is 5.97 Å². The van der Waals surface area contributed by atoms with Gasteiger partial charge in [0.1, 0.15) is 18.2 Å². The van der Waals surface area contributed by atoms with E-state index in [9.17, 15) is 4.79 Å². The standard InChI is InChI=1S/C18H22N4O3/c23-18(24)17-19-12-22(20-17)14-4-6-15(7-5-14)25-16-8-10-21(11-9-16)13-2-1-3-13/h4-7,12-13,16H,1-3,8-11H2,(H,23,24). The van der Waals surface area contributed by atoms with Gasteiger partial charge in [-0.25, -0.2) is 14.5 Å². The maximum atomic E-state index is 10.8. The quantitative estimate of drug-likeness (QED) is 0.898. The highest BCUT2D eigenvalue weighted by Gasteiger charge is 2.29. The van der Waals surface area contributed by atoms with Crippen LogP contribution in [0.5, 0.6) is 5.75 Å². The molecular formula is C18H22N4O3. The molecular weight excluding hydrogens is 320 g/mol. The van der Waals surface area contributed by atoms with Crippen LogP contribution in [0.3, 0.4) is 0 Å². The van der Waals surface area contributed by atoms with Crippen LogP contribution >= 0.6 is 0 Å². The predicted octanol–water partition coefficient (Wildman–Crippen LogP) is 2.36. The van der Waals surface area contributed by atoms with Crippen molar-refractivity contribution >= 4 is 5.97 Å². The Hall–Kier alpha value is -2.41. The molecule has 25 heavy (non-hydrogen) atoms. The van der Waals surface area contributed by atoms with Crippen LogP contribution in [0.4, 0.5) is 0 Å². The van der Waals surface area contributed by atoms with Gasteiger partial charge in [-0.1, -0.05) is 6.42 Å². The predicted molar refractivity (Wildman–Crippen MR) is 91.2 cm³/mol. The summed E-state index contributed by atoms with van der Waals surface area (Å²) in [6.45, 7) is 2.26. The first-order chi connectivity index (χ1) is 12.2. The molecule has 2 fully saturated rings. The average molecular weight is 342 g/mol. The van der Waals surface area contributed by atoms with Gasteiger partial charge in [0.15, 0.2) is 0 Å². The Balaban J connectivity index is 1.33. The minimum absolute atomic E-state index is 0.210. The van der Waals surface area contributed by atoms with Gasteiger partial charge in [0.25, 0.3) is 5.82 Å². The van der Waals surface area contributed by atoms with Gasteiger partial charge in [-0.05, 0) is 49.9 Å². The summed E-state index contributed by atoms with van der Waals surface area (Å²) in [7, 11) is 0. The maximum Gasteiger partial charge on any atom is 0.375 e. The lowest BCUT2D eigenvalue weighted by atomic mass is 9.90. The summed E-state index contributed by atoms with van der Waals surface area (Å²) < 4.78 is 7.55. The summed E-state index contributed by atoms with van der Waals surface area (Å²) in [5, 5.41) is 12.8. The number of likely N-dealkylation sites (tertiary alicyclic amines) is 1. The van der Waals surface area contributed by atoms with E-state index in [0.29, 0.717) is 0 Å². The second-order valence-electron chi connectivity index (χ2n) is 6.75. The number of hydrogen-bond acceptors (Lipinski definition) is 5. The van der Waals surface area contributed by atoms with Gasteiger partial charge < -0.3 is 14.7 Å². The van der Waals surface area contributed by atoms with E-state index >= 15 is 0 Å². The van der Waals surface area contributed by atoms with E-state index in [1.165, 1.54) is 30.3 Å². The number of aromatic nitrogens is 3. The lowest BCUT2D eigenvalue weighted by Crippen LogP contribution is -2.46. The van der Waals surface area contributed by atoms with Crippen molar-refractivity contribution in [1.82, 2.24) is 19.7 Å². The Bertz CT molecular complexity index is 731. The van der Waals surface area contributed by atoms with Crippen molar-refractivity contribution in [3.8, 4) is 11.4 Å². The van der Waals surface area contributed by atoms with Crippen molar-refractivity contribution in [3.63, 3.8) is 0 Å². The number of benzene rings is 1. The molecule has 1 saturated carbocycles. The molecule has 1 aliphatic carbocycles. The Kier molecular flexibility index (Phi) is 4.40. The second kappa shape index (κ2) is 6.84. The molecule has 0 unspecified atom stereocenters. The van der Waals surface area contributed by atoms with Crippen molar-refractivity contribution < 1.29 is 14.6 Å². The summed E-state index contributed by atoms with van der Waals surface area (Å²) in [6, 6.07) is 8.34. The summed E-state index contributed by atoms with van der Waals surface area (Å²) >= 11 is 0. The first kappa shape index (κ1) is 16.1. The van der Waals surface area contributed by atoms with Gasteiger partial charge in [0, 0.05) is 19.1 Å². The first-order valence-corrected chi connectivity index (χ1v) is 8.85. The van der Waals surface area contributed by atoms with Gasteiger partial charge in [-0.2, -0.15) is 0 Å². The first-order valence-electron chi connectivity index (χ1n) is 8.85. The van der Waals surface area contributed by atoms with Crippen LogP contribution in [0.2, 0.25) is 0 Å². The molecule has 1 aromatic heterocycles. The molecule has 1 saturated heterocycles. The molecule has 0 spiro atoms. The number of ether oxygens (including phenoxy) is 1. The van der Waals surface area contributed by atoms with Crippen LogP contribution < -0.4 is 4.74 Å². The largest absolute Gasteiger partial charge is 0.490 e. The third kappa shape index (κ3) is 3.51. The number of hydrogen-bond donors (Lipinski definition) is 1. The Labute approximate surface area is 146 Å². The van der Waals surface area contributed by atoms with Crippen LogP contribution in [0, 0.1) is 0 Å². The van der Waals surface area contributed by atoms with Crippen molar-refractivity contribution in [3.05, 3.63) is 36.4 Å². The van der Waals surface area contributed by atoms with E-state index in [1.807, 2.05) is 24.3 Å². The molecule has 0 bridgehead atoms. The van der Waals surface area contributed by atoms with E-state index in [1.54, 1.807) is 0 Å². The van der Waals surface area contributed by atoms with Crippen LogP contribution in [0.1, 0.15) is 42.7 Å². The molecule has 7 heteroatoms. The molecule has 7 nitrogen and oxygen atoms in total. The highest BCUT2D eigenvalue weighted by atomic mass is 16.5. The number of carboxylic acid groups (broad SMARTS) is 1. The normalized spacial score (nSPS) is 19.5. The van der Waals surface area contributed by atoms with Crippen LogP contribution in [0.15, 0.2) is 30.6 Å². The fourth-order valence-corrected chi connectivity index (χ4v) is 3.47. The maximum absolute atomic E-state index is 10.8. The zero-order valence-electron chi connectivity index (χ0n) is 14.0. The second-order valence-corrected chi connectivity index (χ2v) is 6.75. The molecule has 0 radical (unpaired) electrons. The van der Waals surface area contributed by atoms with E-state index in [-0.39, 0.29) is 11.9 Å². The minimum Gasteiger partial charge on any atom is -0.490 e. The number of piperidine rings is 1. The number of nitrogens with zero attached hydrogens (tertiary/aromatic N) is 4. The lowest BCUT2D eigenvalue weighted by molar-refractivity contribution is 0.0493. The van der Waals surface area contributed by atoms with Gasteiger partial charge in [0.05, 0.1) is 5.69 Å². The van der Waals surface area contributed by atoms with Gasteiger partial charge >= 0.3 is 5.97 Å². The van der Waals surface area contributed by atoms with E-state index in [4.69, 9.17) is 9.84 Å². The van der Waals surface area contributed by atoms with Gasteiger partial charge in [-0.15, -0.1) is 5.10 Å². The topological polar surface area (TPSA) is 80.5 Å². The summed E-state index contributed by atoms with van der Waals surface area (Å²) in [5.74, 6) is -0.505. The molecule has 1 aliphatic heterocycles. The van der Waals surface area contributed by atoms with Crippen LogP contribution in [-0.2, 0) is 0 Å². The molecule has 1 aromatic carbocycles. The highest BCUT2D eigenvalue weighted by molar-refractivity contribution is 5.82. The van der Waals surface area contributed by atoms with Crippen LogP contribution in [0.25, 0.3) is 5.69 Å². The monoisotopic (exact) mass is 342 g/mol. The molecule has 1 N–H and O–H groups in total. The Morgan fingerprint density at radius 2 is 1.84 bits per heavy atom. The highest BCUT2D eigenvalue weighted by Crippen LogP contribution is 2.28. The van der Waals surface area contributed by atoms with Gasteiger partial charge in [0.2, 0.25) is 0 Å². The fourth-order valence-electron chi connectivity index (χ4n) is 3.47. The molecule has 132 valence electrons. The van der Waals surface area contributed by atoms with Crippen molar-refractivity contribution in [1.29, 1.82) is 0 Å². The summed E-state index contributed by atoms with van der Waals surface area (Å²) in [4.78, 5) is 17.2. The van der Waals surface area contributed by atoms with Crippen LogP contribution in [-0.4, -0.2) is 56.0 Å². The molecule has 0 atom stereocenters. The fraction of sp³-hybridized carbons (Fsp3) is 0.500.